The standard InChI is InChI=1S/C9H8O6/c10-7(11)2-1-3-4-5(6(2)14-3)9(13)15-8(4)12/h2-6H,1H2,(H,10,11)/t2-,3-,4-,5-,6+/m0/s1. The number of carbonyl (C=O) groups is 3. The van der Waals surface area contributed by atoms with Gasteiger partial charge >= 0.3 is 17.9 Å². The Kier molecular flexibility index (Phi) is 1.52. The van der Waals surface area contributed by atoms with Crippen molar-refractivity contribution < 1.29 is 29.0 Å². The van der Waals surface area contributed by atoms with Gasteiger partial charge in [-0.1, -0.05) is 0 Å². The normalized spacial score (nSPS) is 46.8. The molecule has 1 N–H and O–H groups in total. The molecular formula is C9H8O6. The van der Waals surface area contributed by atoms with Crippen LogP contribution in [0.2, 0.25) is 0 Å². The predicted octanol–water partition coefficient (Wildman–Crippen LogP) is -0.826. The first-order chi connectivity index (χ1) is 7.09. The van der Waals surface area contributed by atoms with E-state index in [-0.39, 0.29) is 0 Å². The van der Waals surface area contributed by atoms with Crippen LogP contribution in [-0.2, 0) is 23.9 Å². The molecule has 0 radical (unpaired) electrons. The SMILES string of the molecule is O=C1OC(=O)[C@@H]2[C@H]1[C@@H]1O[C@H]2C[C@@H]1C(=O)O. The molecule has 3 fully saturated rings. The molecule has 3 aliphatic rings. The molecule has 6 nitrogen and oxygen atoms in total. The first kappa shape index (κ1) is 8.84. The molecule has 2 bridgehead atoms. The van der Waals surface area contributed by atoms with Crippen LogP contribution in [-0.4, -0.2) is 35.2 Å². The third-order valence-electron chi connectivity index (χ3n) is 3.42. The quantitative estimate of drug-likeness (QED) is 0.451. The maximum Gasteiger partial charge on any atom is 0.320 e. The fourth-order valence-corrected chi connectivity index (χ4v) is 2.79. The van der Waals surface area contributed by atoms with Gasteiger partial charge in [0.05, 0.1) is 24.0 Å². The lowest BCUT2D eigenvalue weighted by Gasteiger charge is -2.20. The topological polar surface area (TPSA) is 89.9 Å². The molecule has 0 aromatic carbocycles. The van der Waals surface area contributed by atoms with Crippen LogP contribution in [0.5, 0.6) is 0 Å². The highest BCUT2D eigenvalue weighted by atomic mass is 16.6. The van der Waals surface area contributed by atoms with Gasteiger partial charge in [-0.05, 0) is 6.42 Å². The zero-order valence-electron chi connectivity index (χ0n) is 7.58. The zero-order chi connectivity index (χ0) is 10.7. The van der Waals surface area contributed by atoms with Crippen molar-refractivity contribution >= 4 is 17.9 Å². The average molecular weight is 212 g/mol. The summed E-state index contributed by atoms with van der Waals surface area (Å²) in [5, 5.41) is 8.89. The van der Waals surface area contributed by atoms with E-state index < -0.39 is 47.9 Å². The number of hydrogen-bond acceptors (Lipinski definition) is 5. The monoisotopic (exact) mass is 212 g/mol. The molecule has 0 spiro atoms. The molecule has 0 amide bonds. The lowest BCUT2D eigenvalue weighted by Crippen LogP contribution is -2.38. The van der Waals surface area contributed by atoms with E-state index in [0.29, 0.717) is 6.42 Å². The van der Waals surface area contributed by atoms with Gasteiger partial charge < -0.3 is 14.6 Å². The Bertz CT molecular complexity index is 375. The second kappa shape index (κ2) is 2.57. The minimum atomic E-state index is -0.979. The van der Waals surface area contributed by atoms with Crippen molar-refractivity contribution in [2.24, 2.45) is 17.8 Å². The number of fused-ring (bicyclic) bond motifs is 5. The number of rotatable bonds is 1. The van der Waals surface area contributed by atoms with Crippen molar-refractivity contribution in [3.8, 4) is 0 Å². The van der Waals surface area contributed by atoms with Gasteiger partial charge in [0.25, 0.3) is 0 Å². The summed E-state index contributed by atoms with van der Waals surface area (Å²) in [5.74, 6) is -4.14. The third kappa shape index (κ3) is 0.944. The molecule has 0 saturated carbocycles. The number of carbonyl (C=O) groups excluding carboxylic acids is 2. The zero-order valence-corrected chi connectivity index (χ0v) is 7.58. The molecule has 80 valence electrons. The number of carboxylic acids is 1. The van der Waals surface area contributed by atoms with Gasteiger partial charge in [-0.2, -0.15) is 0 Å². The first-order valence-electron chi connectivity index (χ1n) is 4.73. The molecule has 6 heteroatoms. The number of cyclic esters (lactones) is 2. The average Bonchev–Trinajstić information content (AvgIpc) is 2.77. The summed E-state index contributed by atoms with van der Waals surface area (Å²) in [6.45, 7) is 0. The molecule has 0 aromatic heterocycles. The van der Waals surface area contributed by atoms with E-state index in [2.05, 4.69) is 4.74 Å². The number of esters is 2. The van der Waals surface area contributed by atoms with E-state index in [9.17, 15) is 14.4 Å². The van der Waals surface area contributed by atoms with Crippen LogP contribution in [0.25, 0.3) is 0 Å². The second-order valence-corrected chi connectivity index (χ2v) is 4.11. The van der Waals surface area contributed by atoms with Crippen molar-refractivity contribution in [1.82, 2.24) is 0 Å². The lowest BCUT2D eigenvalue weighted by atomic mass is 9.75. The molecular weight excluding hydrogens is 204 g/mol. The van der Waals surface area contributed by atoms with Crippen LogP contribution in [0.4, 0.5) is 0 Å². The summed E-state index contributed by atoms with van der Waals surface area (Å²) < 4.78 is 9.84. The minimum absolute atomic E-state index is 0.295. The fourth-order valence-electron chi connectivity index (χ4n) is 2.79. The predicted molar refractivity (Wildman–Crippen MR) is 42.5 cm³/mol. The van der Waals surface area contributed by atoms with Crippen molar-refractivity contribution in [3.63, 3.8) is 0 Å². The van der Waals surface area contributed by atoms with Gasteiger partial charge in [-0.3, -0.25) is 14.4 Å². The highest BCUT2D eigenvalue weighted by Gasteiger charge is 2.66. The van der Waals surface area contributed by atoms with Crippen LogP contribution >= 0.6 is 0 Å². The van der Waals surface area contributed by atoms with E-state index in [1.165, 1.54) is 0 Å². The summed E-state index contributed by atoms with van der Waals surface area (Å²) in [6.07, 6.45) is -0.847. The van der Waals surface area contributed by atoms with Gasteiger partial charge in [0.15, 0.2) is 0 Å². The molecule has 3 rings (SSSR count). The highest BCUT2D eigenvalue weighted by molar-refractivity contribution is 5.98. The van der Waals surface area contributed by atoms with Gasteiger partial charge in [0, 0.05) is 0 Å². The summed E-state index contributed by atoms with van der Waals surface area (Å²) in [4.78, 5) is 33.4. The number of aliphatic carboxylic acids is 1. The molecule has 3 heterocycles. The van der Waals surface area contributed by atoms with Gasteiger partial charge in [0.1, 0.15) is 5.92 Å². The number of hydrogen-bond donors (Lipinski definition) is 1. The summed E-state index contributed by atoms with van der Waals surface area (Å²) in [7, 11) is 0. The van der Waals surface area contributed by atoms with E-state index in [1.54, 1.807) is 0 Å². The summed E-state index contributed by atoms with van der Waals surface area (Å²) in [6, 6.07) is 0. The van der Waals surface area contributed by atoms with Crippen LogP contribution < -0.4 is 0 Å². The van der Waals surface area contributed by atoms with Crippen molar-refractivity contribution in [2.45, 2.75) is 18.6 Å². The number of carboxylic acid groups (broad SMARTS) is 1. The lowest BCUT2D eigenvalue weighted by molar-refractivity contribution is -0.156. The molecule has 0 aliphatic carbocycles. The summed E-state index contributed by atoms with van der Waals surface area (Å²) >= 11 is 0. The maximum absolute atomic E-state index is 11.3. The van der Waals surface area contributed by atoms with E-state index in [4.69, 9.17) is 9.84 Å². The molecule has 5 atom stereocenters. The maximum atomic E-state index is 11.3. The van der Waals surface area contributed by atoms with Crippen LogP contribution in [0, 0.1) is 17.8 Å². The smallest absolute Gasteiger partial charge is 0.320 e. The molecule has 0 unspecified atom stereocenters. The Labute approximate surface area is 84.1 Å². The second-order valence-electron chi connectivity index (χ2n) is 4.11. The summed E-state index contributed by atoms with van der Waals surface area (Å²) in [5.41, 5.74) is 0. The largest absolute Gasteiger partial charge is 0.481 e. The molecule has 3 aliphatic heterocycles. The van der Waals surface area contributed by atoms with Gasteiger partial charge in [-0.15, -0.1) is 0 Å². The Morgan fingerprint density at radius 3 is 2.60 bits per heavy atom. The first-order valence-corrected chi connectivity index (χ1v) is 4.73. The molecule has 0 aromatic rings. The molecule has 15 heavy (non-hydrogen) atoms. The Hall–Kier alpha value is -1.43. The minimum Gasteiger partial charge on any atom is -0.481 e. The van der Waals surface area contributed by atoms with E-state index in [1.807, 2.05) is 0 Å². The van der Waals surface area contributed by atoms with Crippen molar-refractivity contribution in [2.75, 3.05) is 0 Å². The Balaban J connectivity index is 1.95. The van der Waals surface area contributed by atoms with Crippen LogP contribution in [0.3, 0.4) is 0 Å². The van der Waals surface area contributed by atoms with Crippen molar-refractivity contribution in [3.05, 3.63) is 0 Å². The van der Waals surface area contributed by atoms with E-state index >= 15 is 0 Å². The Morgan fingerprint density at radius 2 is 1.93 bits per heavy atom. The van der Waals surface area contributed by atoms with Gasteiger partial charge in [-0.25, -0.2) is 0 Å². The molecule has 3 saturated heterocycles. The van der Waals surface area contributed by atoms with Crippen LogP contribution in [0.15, 0.2) is 0 Å². The third-order valence-corrected chi connectivity index (χ3v) is 3.42. The van der Waals surface area contributed by atoms with Gasteiger partial charge in [0.2, 0.25) is 0 Å². The van der Waals surface area contributed by atoms with Crippen LogP contribution in [0.1, 0.15) is 6.42 Å². The van der Waals surface area contributed by atoms with Crippen molar-refractivity contribution in [1.29, 1.82) is 0 Å². The fraction of sp³-hybridized carbons (Fsp3) is 0.667. The Morgan fingerprint density at radius 1 is 1.27 bits per heavy atom. The highest BCUT2D eigenvalue weighted by Crippen LogP contribution is 2.50. The number of ether oxygens (including phenoxy) is 2. The van der Waals surface area contributed by atoms with E-state index in [0.717, 1.165) is 0 Å².